The summed E-state index contributed by atoms with van der Waals surface area (Å²) < 4.78 is 4.75. The van der Waals surface area contributed by atoms with Crippen molar-refractivity contribution in [3.63, 3.8) is 0 Å². The number of aldehydes is 1. The first kappa shape index (κ1) is 7.98. The first-order chi connectivity index (χ1) is 5.29. The summed E-state index contributed by atoms with van der Waals surface area (Å²) in [7, 11) is 0. The van der Waals surface area contributed by atoms with E-state index in [4.69, 9.17) is 4.74 Å². The van der Waals surface area contributed by atoms with Crippen molar-refractivity contribution < 1.29 is 14.3 Å². The van der Waals surface area contributed by atoms with Crippen LogP contribution in [0.15, 0.2) is 12.7 Å². The van der Waals surface area contributed by atoms with Crippen LogP contribution in [-0.2, 0) is 14.3 Å². The van der Waals surface area contributed by atoms with Crippen LogP contribution in [0, 0.1) is 11.8 Å². The summed E-state index contributed by atoms with van der Waals surface area (Å²) in [4.78, 5) is 21.0. The van der Waals surface area contributed by atoms with Gasteiger partial charge in [0, 0.05) is 12.3 Å². The largest absolute Gasteiger partial charge is 0.465 e. The zero-order valence-corrected chi connectivity index (χ0v) is 6.16. The molecule has 0 aromatic carbocycles. The Hall–Kier alpha value is -1.12. The molecule has 1 heterocycles. The second kappa shape index (κ2) is 3.32. The van der Waals surface area contributed by atoms with E-state index in [1.54, 1.807) is 6.08 Å². The third kappa shape index (κ3) is 1.48. The Morgan fingerprint density at radius 1 is 1.73 bits per heavy atom. The fourth-order valence-corrected chi connectivity index (χ4v) is 1.21. The first-order valence-electron chi connectivity index (χ1n) is 3.52. The van der Waals surface area contributed by atoms with E-state index < -0.39 is 0 Å². The third-order valence-electron chi connectivity index (χ3n) is 1.87. The van der Waals surface area contributed by atoms with Gasteiger partial charge in [0.25, 0.3) is 0 Å². The van der Waals surface area contributed by atoms with Crippen LogP contribution in [0.25, 0.3) is 0 Å². The summed E-state index contributed by atoms with van der Waals surface area (Å²) in [5.74, 6) is -0.524. The minimum absolute atomic E-state index is 0.0116. The fraction of sp³-hybridized carbons (Fsp3) is 0.500. The van der Waals surface area contributed by atoms with E-state index in [0.29, 0.717) is 13.0 Å². The molecule has 0 bridgehead atoms. The molecule has 0 aliphatic carbocycles. The maximum atomic E-state index is 10.9. The van der Waals surface area contributed by atoms with E-state index in [1.165, 1.54) is 0 Å². The first-order valence-corrected chi connectivity index (χ1v) is 3.52. The molecule has 3 heteroatoms. The Balaban J connectivity index is 2.60. The molecule has 60 valence electrons. The summed E-state index contributed by atoms with van der Waals surface area (Å²) in [5.41, 5.74) is 0. The van der Waals surface area contributed by atoms with Crippen molar-refractivity contribution in [3.8, 4) is 0 Å². The van der Waals surface area contributed by atoms with Gasteiger partial charge in [0.15, 0.2) is 0 Å². The van der Waals surface area contributed by atoms with Gasteiger partial charge in [-0.1, -0.05) is 6.08 Å². The van der Waals surface area contributed by atoms with E-state index in [9.17, 15) is 9.59 Å². The summed E-state index contributed by atoms with van der Waals surface area (Å²) in [6.07, 6.45) is 2.73. The second-order valence-electron chi connectivity index (χ2n) is 2.55. The van der Waals surface area contributed by atoms with Crippen LogP contribution < -0.4 is 0 Å². The Labute approximate surface area is 65.0 Å². The van der Waals surface area contributed by atoms with Crippen molar-refractivity contribution in [1.82, 2.24) is 0 Å². The van der Waals surface area contributed by atoms with Gasteiger partial charge >= 0.3 is 5.97 Å². The van der Waals surface area contributed by atoms with Crippen LogP contribution in [0.4, 0.5) is 0 Å². The minimum Gasteiger partial charge on any atom is -0.465 e. The number of esters is 1. The molecule has 0 unspecified atom stereocenters. The maximum absolute atomic E-state index is 10.9. The zero-order chi connectivity index (χ0) is 8.27. The quantitative estimate of drug-likeness (QED) is 0.338. The van der Waals surface area contributed by atoms with Crippen LogP contribution in [0.1, 0.15) is 6.42 Å². The minimum atomic E-state index is -0.278. The van der Waals surface area contributed by atoms with E-state index in [1.807, 2.05) is 0 Å². The summed E-state index contributed by atoms with van der Waals surface area (Å²) in [6, 6.07) is 0. The molecule has 0 amide bonds. The second-order valence-corrected chi connectivity index (χ2v) is 2.55. The van der Waals surface area contributed by atoms with Gasteiger partial charge in [0.2, 0.25) is 0 Å². The molecule has 3 nitrogen and oxygen atoms in total. The van der Waals surface area contributed by atoms with Crippen LogP contribution >= 0.6 is 0 Å². The molecule has 0 aromatic rings. The number of hydrogen-bond acceptors (Lipinski definition) is 3. The summed E-state index contributed by atoms with van der Waals surface area (Å²) in [5, 5.41) is 0. The maximum Gasteiger partial charge on any atom is 0.313 e. The van der Waals surface area contributed by atoms with Gasteiger partial charge in [0.05, 0.1) is 12.5 Å². The molecule has 1 saturated heterocycles. The molecule has 0 saturated carbocycles. The van der Waals surface area contributed by atoms with Crippen molar-refractivity contribution in [2.45, 2.75) is 6.42 Å². The Morgan fingerprint density at radius 3 is 3.00 bits per heavy atom. The molecule has 0 spiro atoms. The highest BCUT2D eigenvalue weighted by atomic mass is 16.5. The monoisotopic (exact) mass is 154 g/mol. The van der Waals surface area contributed by atoms with Crippen LogP contribution in [0.5, 0.6) is 0 Å². The fourth-order valence-electron chi connectivity index (χ4n) is 1.21. The van der Waals surface area contributed by atoms with E-state index in [0.717, 1.165) is 6.29 Å². The predicted octanol–water partition coefficient (Wildman–Crippen LogP) is 0.551. The third-order valence-corrected chi connectivity index (χ3v) is 1.87. The molecule has 1 fully saturated rings. The van der Waals surface area contributed by atoms with Gasteiger partial charge in [-0.15, -0.1) is 6.58 Å². The number of hydrogen-bond donors (Lipinski definition) is 0. The van der Waals surface area contributed by atoms with Crippen molar-refractivity contribution in [2.24, 2.45) is 11.8 Å². The molecular formula is C8H10O3. The molecule has 0 aromatic heterocycles. The molecular weight excluding hydrogens is 144 g/mol. The highest BCUT2D eigenvalue weighted by Crippen LogP contribution is 2.24. The lowest BCUT2D eigenvalue weighted by Crippen LogP contribution is -2.13. The highest BCUT2D eigenvalue weighted by molar-refractivity contribution is 5.77. The molecule has 0 radical (unpaired) electrons. The zero-order valence-electron chi connectivity index (χ0n) is 6.16. The lowest BCUT2D eigenvalue weighted by Gasteiger charge is -2.05. The number of cyclic esters (lactones) is 1. The van der Waals surface area contributed by atoms with Gasteiger partial charge < -0.3 is 9.53 Å². The lowest BCUT2D eigenvalue weighted by atomic mass is 9.93. The van der Waals surface area contributed by atoms with Gasteiger partial charge in [-0.2, -0.15) is 0 Å². The van der Waals surface area contributed by atoms with Gasteiger partial charge in [-0.3, -0.25) is 4.79 Å². The van der Waals surface area contributed by atoms with Crippen molar-refractivity contribution in [2.75, 3.05) is 6.61 Å². The van der Waals surface area contributed by atoms with Crippen molar-refractivity contribution >= 4 is 12.3 Å². The number of ether oxygens (including phenoxy) is 1. The molecule has 2 atom stereocenters. The average Bonchev–Trinajstić information content (AvgIpc) is 2.33. The van der Waals surface area contributed by atoms with Gasteiger partial charge in [0.1, 0.15) is 6.29 Å². The van der Waals surface area contributed by atoms with E-state index in [-0.39, 0.29) is 17.8 Å². The Bertz CT molecular complexity index is 186. The SMILES string of the molecule is C=C[C@H]1C(=O)OC[C@@H]1CC=O. The molecule has 1 aliphatic rings. The molecule has 1 rings (SSSR count). The normalized spacial score (nSPS) is 29.6. The topological polar surface area (TPSA) is 43.4 Å². The van der Waals surface area contributed by atoms with Crippen LogP contribution in [-0.4, -0.2) is 18.9 Å². The van der Waals surface area contributed by atoms with Crippen LogP contribution in [0.2, 0.25) is 0 Å². The average molecular weight is 154 g/mol. The number of rotatable bonds is 3. The Morgan fingerprint density at radius 2 is 2.45 bits per heavy atom. The molecule has 11 heavy (non-hydrogen) atoms. The number of carbonyl (C=O) groups excluding carboxylic acids is 2. The summed E-state index contributed by atoms with van der Waals surface area (Å²) in [6.45, 7) is 3.86. The van der Waals surface area contributed by atoms with E-state index >= 15 is 0 Å². The standard InChI is InChI=1S/C8H10O3/c1-2-7-6(3-4-9)5-11-8(7)10/h2,4,6-7H,1,3,5H2/t6-,7+/m0/s1. The predicted molar refractivity (Wildman–Crippen MR) is 38.8 cm³/mol. The smallest absolute Gasteiger partial charge is 0.313 e. The van der Waals surface area contributed by atoms with E-state index in [2.05, 4.69) is 6.58 Å². The van der Waals surface area contributed by atoms with Crippen LogP contribution in [0.3, 0.4) is 0 Å². The van der Waals surface area contributed by atoms with Crippen molar-refractivity contribution in [3.05, 3.63) is 12.7 Å². The lowest BCUT2D eigenvalue weighted by molar-refractivity contribution is -0.140. The van der Waals surface area contributed by atoms with Crippen molar-refractivity contribution in [1.29, 1.82) is 0 Å². The van der Waals surface area contributed by atoms with Gasteiger partial charge in [-0.05, 0) is 0 Å². The van der Waals surface area contributed by atoms with Gasteiger partial charge in [-0.25, -0.2) is 0 Å². The number of carbonyl (C=O) groups is 2. The Kier molecular flexibility index (Phi) is 2.41. The highest BCUT2D eigenvalue weighted by Gasteiger charge is 2.33. The molecule has 1 aliphatic heterocycles. The molecule has 0 N–H and O–H groups in total. The summed E-state index contributed by atoms with van der Waals surface area (Å²) >= 11 is 0.